The molecule has 0 radical (unpaired) electrons. The van der Waals surface area contributed by atoms with Gasteiger partial charge in [-0.3, -0.25) is 9.59 Å². The van der Waals surface area contributed by atoms with E-state index in [9.17, 15) is 35.1 Å². The molecule has 0 bridgehead atoms. The fourth-order valence-corrected chi connectivity index (χ4v) is 10.2. The van der Waals surface area contributed by atoms with Crippen molar-refractivity contribution in [3.8, 4) is 0 Å². The molecule has 1 amide bonds. The Balaban J connectivity index is 2.63. The number of rotatable bonds is 59. The Morgan fingerprint density at radius 1 is 0.449 bits per heavy atom. The summed E-state index contributed by atoms with van der Waals surface area (Å²) in [6, 6.07) is -1.05. The normalized spacial score (nSPS) is 19.0. The minimum atomic E-state index is -1.64. The van der Waals surface area contributed by atoms with Gasteiger partial charge in [-0.15, -0.1) is 0 Å². The van der Waals surface area contributed by atoms with Crippen LogP contribution in [0.25, 0.3) is 0 Å². The number of unbranched alkanes of at least 4 members (excludes halogenated alkanes) is 23. The van der Waals surface area contributed by atoms with Crippen molar-refractivity contribution < 1.29 is 49.3 Å². The van der Waals surface area contributed by atoms with Crippen molar-refractivity contribution in [3.05, 3.63) is 146 Å². The molecule has 8 unspecified atom stereocenters. The molecule has 1 aliphatic rings. The molecule has 1 fully saturated rings. The van der Waals surface area contributed by atoms with Crippen LogP contribution in [-0.4, -0.2) is 99.6 Å². The average molecular weight is 1240 g/mol. The van der Waals surface area contributed by atoms with Gasteiger partial charge in [0.15, 0.2) is 12.4 Å². The molecule has 0 aliphatic carbocycles. The quantitative estimate of drug-likeness (QED) is 0.0195. The van der Waals surface area contributed by atoms with Crippen LogP contribution in [0.15, 0.2) is 146 Å². The first kappa shape index (κ1) is 82.6. The molecule has 11 nitrogen and oxygen atoms in total. The Hall–Kier alpha value is -4.46. The minimum Gasteiger partial charge on any atom is -0.454 e. The van der Waals surface area contributed by atoms with Crippen LogP contribution in [0.2, 0.25) is 0 Å². The third-order valence-electron chi connectivity index (χ3n) is 15.7. The molecule has 1 saturated heterocycles. The topological polar surface area (TPSA) is 175 Å². The van der Waals surface area contributed by atoms with E-state index in [1.54, 1.807) is 6.08 Å². The number of allylic oxidation sites excluding steroid dienone is 23. The van der Waals surface area contributed by atoms with Crippen molar-refractivity contribution in [2.45, 2.75) is 320 Å². The molecule has 11 heteroatoms. The van der Waals surface area contributed by atoms with E-state index in [4.69, 9.17) is 14.2 Å². The molecule has 0 aromatic carbocycles. The van der Waals surface area contributed by atoms with Crippen molar-refractivity contribution in [1.29, 1.82) is 0 Å². The summed E-state index contributed by atoms with van der Waals surface area (Å²) in [7, 11) is 0. The van der Waals surface area contributed by atoms with Gasteiger partial charge in [0.1, 0.15) is 24.4 Å². The molecular weight excluding hydrogens is 1110 g/mol. The zero-order chi connectivity index (χ0) is 64.6. The molecule has 0 aromatic rings. The summed E-state index contributed by atoms with van der Waals surface area (Å²) in [6.45, 7) is 5.55. The van der Waals surface area contributed by atoms with Gasteiger partial charge in [0.2, 0.25) is 5.91 Å². The summed E-state index contributed by atoms with van der Waals surface area (Å²) in [5, 5.41) is 57.3. The van der Waals surface area contributed by atoms with Crippen LogP contribution in [0, 0.1) is 0 Å². The van der Waals surface area contributed by atoms with E-state index in [2.05, 4.69) is 160 Å². The summed E-state index contributed by atoms with van der Waals surface area (Å²) in [5.74, 6) is -1.25. The number of hydrogen-bond acceptors (Lipinski definition) is 10. The fourth-order valence-electron chi connectivity index (χ4n) is 10.2. The van der Waals surface area contributed by atoms with E-state index < -0.39 is 67.4 Å². The van der Waals surface area contributed by atoms with Crippen molar-refractivity contribution in [3.63, 3.8) is 0 Å². The summed E-state index contributed by atoms with van der Waals surface area (Å²) in [4.78, 5) is 26.7. The van der Waals surface area contributed by atoms with Crippen molar-refractivity contribution in [2.24, 2.45) is 0 Å². The summed E-state index contributed by atoms with van der Waals surface area (Å²) >= 11 is 0. The Morgan fingerprint density at radius 3 is 1.21 bits per heavy atom. The highest BCUT2D eigenvalue weighted by molar-refractivity contribution is 5.80. The molecule has 1 aliphatic heterocycles. The van der Waals surface area contributed by atoms with E-state index in [1.165, 1.54) is 89.9 Å². The third-order valence-corrected chi connectivity index (χ3v) is 15.7. The van der Waals surface area contributed by atoms with Crippen LogP contribution in [0.1, 0.15) is 271 Å². The van der Waals surface area contributed by atoms with E-state index in [1.807, 2.05) is 6.08 Å². The van der Waals surface area contributed by atoms with Crippen LogP contribution in [-0.2, 0) is 23.8 Å². The van der Waals surface area contributed by atoms with Gasteiger partial charge in [-0.05, 0) is 122 Å². The second kappa shape index (κ2) is 63.7. The number of amides is 1. The van der Waals surface area contributed by atoms with E-state index in [0.717, 1.165) is 135 Å². The van der Waals surface area contributed by atoms with Gasteiger partial charge in [-0.25, -0.2) is 0 Å². The van der Waals surface area contributed by atoms with Gasteiger partial charge < -0.3 is 45.1 Å². The number of esters is 1. The molecule has 1 rings (SSSR count). The lowest BCUT2D eigenvalue weighted by Crippen LogP contribution is -2.61. The summed E-state index contributed by atoms with van der Waals surface area (Å²) in [5.41, 5.74) is 0. The predicted octanol–water partition coefficient (Wildman–Crippen LogP) is 18.5. The van der Waals surface area contributed by atoms with Gasteiger partial charge in [0.25, 0.3) is 0 Å². The second-order valence-electron chi connectivity index (χ2n) is 23.9. The molecule has 506 valence electrons. The number of aliphatic hydroxyl groups is 5. The van der Waals surface area contributed by atoms with Crippen LogP contribution in [0.5, 0.6) is 0 Å². The lowest BCUT2D eigenvalue weighted by molar-refractivity contribution is -0.305. The fraction of sp³-hybridized carbons (Fsp3) is 0.667. The van der Waals surface area contributed by atoms with E-state index in [0.29, 0.717) is 12.8 Å². The van der Waals surface area contributed by atoms with E-state index >= 15 is 0 Å². The largest absolute Gasteiger partial charge is 0.454 e. The number of carbonyl (C=O) groups excluding carboxylic acids is 2. The number of ether oxygens (including phenoxy) is 3. The molecule has 0 saturated carbocycles. The first-order chi connectivity index (χ1) is 43.7. The Kier molecular flexibility index (Phi) is 59.1. The second-order valence-corrected chi connectivity index (χ2v) is 23.9. The lowest BCUT2D eigenvalue weighted by Gasteiger charge is -2.41. The number of hydrogen-bond donors (Lipinski definition) is 6. The van der Waals surface area contributed by atoms with Gasteiger partial charge in [-0.1, -0.05) is 289 Å². The summed E-state index contributed by atoms with van der Waals surface area (Å²) in [6.07, 6.45) is 81.6. The van der Waals surface area contributed by atoms with Crippen LogP contribution < -0.4 is 5.32 Å². The molecule has 1 heterocycles. The first-order valence-corrected chi connectivity index (χ1v) is 35.6. The average Bonchev–Trinajstić information content (AvgIpc) is 2.24. The zero-order valence-corrected chi connectivity index (χ0v) is 56.2. The van der Waals surface area contributed by atoms with Crippen molar-refractivity contribution in [1.82, 2.24) is 5.32 Å². The Labute approximate surface area is 543 Å². The maximum atomic E-state index is 13.5. The first-order valence-electron chi connectivity index (χ1n) is 35.6. The zero-order valence-electron chi connectivity index (χ0n) is 56.2. The van der Waals surface area contributed by atoms with Gasteiger partial charge >= 0.3 is 5.97 Å². The summed E-state index contributed by atoms with van der Waals surface area (Å²) < 4.78 is 17.6. The molecule has 0 spiro atoms. The molecule has 6 N–H and O–H groups in total. The van der Waals surface area contributed by atoms with Crippen molar-refractivity contribution >= 4 is 11.9 Å². The maximum Gasteiger partial charge on any atom is 0.306 e. The molecular formula is C78H129NO10. The highest BCUT2D eigenvalue weighted by Gasteiger charge is 2.47. The maximum absolute atomic E-state index is 13.5. The SMILES string of the molecule is CC/C=C\C/C=C\C/C=C\C/C=C\C/C=C\C/C=C\CCCCC(=O)OC1C(OCC(NC(=O)C(O)CCCCCCCCCCCC/C=C\C/C=C\C/C=C\C/C=C\C/C=C\CC)C(O)/C=C/CCCCCCCCCCCCC)OC(CO)C(O)C1O. The smallest absolute Gasteiger partial charge is 0.306 e. The van der Waals surface area contributed by atoms with E-state index in [-0.39, 0.29) is 19.4 Å². The highest BCUT2D eigenvalue weighted by atomic mass is 16.7. The van der Waals surface area contributed by atoms with Crippen LogP contribution in [0.3, 0.4) is 0 Å². The highest BCUT2D eigenvalue weighted by Crippen LogP contribution is 2.26. The Bertz CT molecular complexity index is 2010. The standard InChI is InChI=1S/C78H129NO10/c1-4-7-10-13-16-19-22-25-27-29-31-33-34-35-36-37-39-40-42-44-47-50-53-56-59-62-65-71(82)77(86)79-69(70(81)64-61-58-55-52-49-46-24-21-18-15-12-9-6-3)68-87-78-76(75(85)74(84)72(67-80)88-78)89-73(83)66-63-60-57-54-51-48-45-43-41-38-32-30-28-26-23-20-17-14-11-8-5-2/h7-8,10-11,16-17,19-20,25-28,31-33,35-36,38,43,45,51,54,61,64,69-72,74-76,78,80-82,84-85H,4-6,9,12-15,18,21-24,29-30,34,37,39-42,44,46-50,52-53,55-60,62-63,65-68H2,1-3H3,(H,79,86)/b10-7-,11-8-,19-16-,20-17-,27-25-,28-26-,33-31-,36-35-,38-32-,45-43-,54-51-,64-61+. The van der Waals surface area contributed by atoms with Gasteiger partial charge in [0.05, 0.1) is 25.4 Å². The number of nitrogens with one attached hydrogen (secondary N) is 1. The third kappa shape index (κ3) is 50.8. The number of carbonyl (C=O) groups is 2. The van der Waals surface area contributed by atoms with Gasteiger partial charge in [0, 0.05) is 6.42 Å². The van der Waals surface area contributed by atoms with Gasteiger partial charge in [-0.2, -0.15) is 0 Å². The Morgan fingerprint density at radius 2 is 0.809 bits per heavy atom. The van der Waals surface area contributed by atoms with Crippen LogP contribution in [0.4, 0.5) is 0 Å². The molecule has 89 heavy (non-hydrogen) atoms. The molecule has 8 atom stereocenters. The number of aliphatic hydroxyl groups excluding tert-OH is 5. The van der Waals surface area contributed by atoms with Crippen LogP contribution >= 0.6 is 0 Å². The lowest BCUT2D eigenvalue weighted by atomic mass is 9.99. The minimum absolute atomic E-state index is 0.0607. The van der Waals surface area contributed by atoms with Crippen molar-refractivity contribution in [2.75, 3.05) is 13.2 Å². The monoisotopic (exact) mass is 1240 g/mol. The molecule has 0 aromatic heterocycles. The predicted molar refractivity (Wildman–Crippen MR) is 374 cm³/mol.